The van der Waals surface area contributed by atoms with Gasteiger partial charge in [0.15, 0.2) is 5.82 Å². The van der Waals surface area contributed by atoms with E-state index in [9.17, 15) is 9.59 Å². The van der Waals surface area contributed by atoms with Crippen LogP contribution in [0.3, 0.4) is 0 Å². The Kier molecular flexibility index (Phi) is 2.61. The summed E-state index contributed by atoms with van der Waals surface area (Å²) in [5, 5.41) is 20.9. The van der Waals surface area contributed by atoms with E-state index < -0.39 is 11.9 Å². The molecule has 0 radical (unpaired) electrons. The van der Waals surface area contributed by atoms with Gasteiger partial charge in [0, 0.05) is 19.3 Å². The first-order valence-corrected chi connectivity index (χ1v) is 4.65. The number of aromatic nitrogens is 4. The number of aromatic amines is 1. The molecule has 0 spiro atoms. The summed E-state index contributed by atoms with van der Waals surface area (Å²) in [5.41, 5.74) is 0.277. The summed E-state index contributed by atoms with van der Waals surface area (Å²) in [6.07, 6.45) is 2.94. The van der Waals surface area contributed by atoms with E-state index in [-0.39, 0.29) is 11.5 Å². The molecule has 2 aromatic heterocycles. The number of rotatable bonds is 3. The predicted molar refractivity (Wildman–Crippen MR) is 56.7 cm³/mol. The van der Waals surface area contributed by atoms with Crippen molar-refractivity contribution in [3.8, 4) is 0 Å². The Bertz CT molecular complexity index is 571. The molecule has 2 aromatic rings. The standard InChI is InChI=1S/C9H9N5O3/c1-14-4-5(3-10-14)8(15)11-7-2-6(9(16)17)12-13-7/h2-4H,1H3,(H,16,17)(H2,11,12,13,15). The summed E-state index contributed by atoms with van der Waals surface area (Å²) in [7, 11) is 1.69. The Labute approximate surface area is 95.3 Å². The molecule has 88 valence electrons. The Hall–Kier alpha value is -2.64. The van der Waals surface area contributed by atoms with Crippen LogP contribution in [0.15, 0.2) is 18.5 Å². The van der Waals surface area contributed by atoms with Gasteiger partial charge < -0.3 is 10.4 Å². The highest BCUT2D eigenvalue weighted by Gasteiger charge is 2.12. The molecule has 0 aliphatic rings. The van der Waals surface area contributed by atoms with E-state index >= 15 is 0 Å². The lowest BCUT2D eigenvalue weighted by Crippen LogP contribution is -2.11. The fourth-order valence-corrected chi connectivity index (χ4v) is 1.22. The fourth-order valence-electron chi connectivity index (χ4n) is 1.22. The SMILES string of the molecule is Cn1cc(C(=O)Nc2cc(C(=O)O)[nH]n2)cn1. The van der Waals surface area contributed by atoms with Gasteiger partial charge in [0.05, 0.1) is 11.8 Å². The third-order valence-electron chi connectivity index (χ3n) is 2.02. The van der Waals surface area contributed by atoms with Crippen molar-refractivity contribution in [2.24, 2.45) is 7.05 Å². The average Bonchev–Trinajstić information content (AvgIpc) is 2.86. The quantitative estimate of drug-likeness (QED) is 0.698. The van der Waals surface area contributed by atoms with E-state index in [0.717, 1.165) is 0 Å². The van der Waals surface area contributed by atoms with Gasteiger partial charge in [0.25, 0.3) is 5.91 Å². The number of hydrogen-bond acceptors (Lipinski definition) is 4. The first-order chi connectivity index (χ1) is 8.06. The van der Waals surface area contributed by atoms with Crippen molar-refractivity contribution in [1.82, 2.24) is 20.0 Å². The minimum atomic E-state index is -1.14. The molecule has 3 N–H and O–H groups in total. The first-order valence-electron chi connectivity index (χ1n) is 4.65. The van der Waals surface area contributed by atoms with Crippen LogP contribution in [0.4, 0.5) is 5.82 Å². The normalized spacial score (nSPS) is 10.2. The third kappa shape index (κ3) is 2.30. The van der Waals surface area contributed by atoms with Gasteiger partial charge in [-0.3, -0.25) is 14.6 Å². The highest BCUT2D eigenvalue weighted by molar-refractivity contribution is 6.03. The Morgan fingerprint density at radius 3 is 2.82 bits per heavy atom. The smallest absolute Gasteiger partial charge is 0.353 e. The summed E-state index contributed by atoms with van der Waals surface area (Å²) in [5.74, 6) is -1.39. The number of aromatic carboxylic acids is 1. The van der Waals surface area contributed by atoms with Gasteiger partial charge in [-0.1, -0.05) is 0 Å². The van der Waals surface area contributed by atoms with Crippen LogP contribution < -0.4 is 5.32 Å². The minimum Gasteiger partial charge on any atom is -0.477 e. The van der Waals surface area contributed by atoms with Crippen LogP contribution in [-0.4, -0.2) is 37.0 Å². The number of carboxylic acids is 1. The summed E-state index contributed by atoms with van der Waals surface area (Å²) in [6.45, 7) is 0. The zero-order chi connectivity index (χ0) is 12.4. The first kappa shape index (κ1) is 10.9. The lowest BCUT2D eigenvalue weighted by molar-refractivity contribution is 0.0690. The van der Waals surface area contributed by atoms with Gasteiger partial charge in [-0.25, -0.2) is 4.79 Å². The highest BCUT2D eigenvalue weighted by atomic mass is 16.4. The van der Waals surface area contributed by atoms with E-state index in [0.29, 0.717) is 5.56 Å². The Morgan fingerprint density at radius 1 is 1.53 bits per heavy atom. The molecule has 8 nitrogen and oxygen atoms in total. The molecule has 1 amide bonds. The molecule has 0 aliphatic carbocycles. The number of nitrogens with zero attached hydrogens (tertiary/aromatic N) is 3. The van der Waals surface area contributed by atoms with E-state index in [2.05, 4.69) is 20.6 Å². The monoisotopic (exact) mass is 235 g/mol. The molecular formula is C9H9N5O3. The molecule has 0 aromatic carbocycles. The predicted octanol–water partition coefficient (Wildman–Crippen LogP) is 0.0937. The van der Waals surface area contributed by atoms with Gasteiger partial charge >= 0.3 is 5.97 Å². The molecule has 0 fully saturated rings. The van der Waals surface area contributed by atoms with Crippen LogP contribution in [-0.2, 0) is 7.05 Å². The topological polar surface area (TPSA) is 113 Å². The van der Waals surface area contributed by atoms with E-state index in [1.807, 2.05) is 0 Å². The van der Waals surface area contributed by atoms with Crippen LogP contribution in [0.1, 0.15) is 20.8 Å². The molecule has 0 aliphatic heterocycles. The van der Waals surface area contributed by atoms with E-state index in [1.54, 1.807) is 13.2 Å². The van der Waals surface area contributed by atoms with Crippen molar-refractivity contribution >= 4 is 17.7 Å². The number of hydrogen-bond donors (Lipinski definition) is 3. The summed E-state index contributed by atoms with van der Waals surface area (Å²) in [4.78, 5) is 22.2. The van der Waals surface area contributed by atoms with Crippen LogP contribution in [0.5, 0.6) is 0 Å². The van der Waals surface area contributed by atoms with Gasteiger partial charge in [-0.15, -0.1) is 0 Å². The van der Waals surface area contributed by atoms with Gasteiger partial charge in [-0.05, 0) is 0 Å². The molecule has 0 saturated heterocycles. The molecule has 0 unspecified atom stereocenters. The van der Waals surface area contributed by atoms with Crippen molar-refractivity contribution < 1.29 is 14.7 Å². The lowest BCUT2D eigenvalue weighted by atomic mass is 10.3. The van der Waals surface area contributed by atoms with Crippen LogP contribution in [0.2, 0.25) is 0 Å². The van der Waals surface area contributed by atoms with Gasteiger partial charge in [0.2, 0.25) is 0 Å². The average molecular weight is 235 g/mol. The van der Waals surface area contributed by atoms with Crippen molar-refractivity contribution in [2.75, 3.05) is 5.32 Å². The number of carbonyl (C=O) groups excluding carboxylic acids is 1. The lowest BCUT2D eigenvalue weighted by Gasteiger charge is -1.96. The van der Waals surface area contributed by atoms with Crippen molar-refractivity contribution in [1.29, 1.82) is 0 Å². The molecule has 17 heavy (non-hydrogen) atoms. The van der Waals surface area contributed by atoms with Crippen molar-refractivity contribution in [3.63, 3.8) is 0 Å². The maximum absolute atomic E-state index is 11.6. The maximum atomic E-state index is 11.6. The van der Waals surface area contributed by atoms with Crippen LogP contribution in [0.25, 0.3) is 0 Å². The molecule has 2 heterocycles. The number of carboxylic acid groups (broad SMARTS) is 1. The summed E-state index contributed by atoms with van der Waals surface area (Å²) < 4.78 is 1.49. The molecule has 0 saturated carbocycles. The fraction of sp³-hybridized carbons (Fsp3) is 0.111. The van der Waals surface area contributed by atoms with Crippen molar-refractivity contribution in [2.45, 2.75) is 0 Å². The molecule has 8 heteroatoms. The minimum absolute atomic E-state index is 0.0912. The van der Waals surface area contributed by atoms with Crippen molar-refractivity contribution in [3.05, 3.63) is 29.7 Å². The molecule has 0 atom stereocenters. The maximum Gasteiger partial charge on any atom is 0.353 e. The molecular weight excluding hydrogens is 226 g/mol. The zero-order valence-corrected chi connectivity index (χ0v) is 8.84. The second kappa shape index (κ2) is 4.08. The second-order valence-electron chi connectivity index (χ2n) is 3.33. The zero-order valence-electron chi connectivity index (χ0n) is 8.84. The summed E-state index contributed by atoms with van der Waals surface area (Å²) in [6, 6.07) is 1.23. The number of carbonyl (C=O) groups is 2. The Morgan fingerprint density at radius 2 is 2.29 bits per heavy atom. The van der Waals surface area contributed by atoms with E-state index in [4.69, 9.17) is 5.11 Å². The van der Waals surface area contributed by atoms with Crippen LogP contribution in [0, 0.1) is 0 Å². The number of amides is 1. The largest absolute Gasteiger partial charge is 0.477 e. The Balaban J connectivity index is 2.10. The van der Waals surface area contributed by atoms with Gasteiger partial charge in [0.1, 0.15) is 5.69 Å². The third-order valence-corrected chi connectivity index (χ3v) is 2.02. The highest BCUT2D eigenvalue weighted by Crippen LogP contribution is 2.07. The van der Waals surface area contributed by atoms with Gasteiger partial charge in [-0.2, -0.15) is 10.2 Å². The number of anilines is 1. The number of H-pyrrole nitrogens is 1. The number of aryl methyl sites for hydroxylation is 1. The molecule has 2 rings (SSSR count). The molecule has 0 bridgehead atoms. The second-order valence-corrected chi connectivity index (χ2v) is 3.33. The van der Waals surface area contributed by atoms with Crippen LogP contribution >= 0.6 is 0 Å². The summed E-state index contributed by atoms with van der Waals surface area (Å²) >= 11 is 0. The number of nitrogens with one attached hydrogen (secondary N) is 2. The van der Waals surface area contributed by atoms with E-state index in [1.165, 1.54) is 16.9 Å².